The summed E-state index contributed by atoms with van der Waals surface area (Å²) in [5.74, 6) is 0.501. The van der Waals surface area contributed by atoms with Crippen molar-refractivity contribution in [3.63, 3.8) is 0 Å². The molecule has 2 amide bonds. The maximum absolute atomic E-state index is 13.0. The highest BCUT2D eigenvalue weighted by Gasteiger charge is 2.30. The number of hydrogen-bond acceptors (Lipinski definition) is 6. The van der Waals surface area contributed by atoms with Crippen LogP contribution < -0.4 is 10.6 Å². The van der Waals surface area contributed by atoms with Crippen LogP contribution in [0.25, 0.3) is 0 Å². The van der Waals surface area contributed by atoms with Gasteiger partial charge in [0.15, 0.2) is 0 Å². The van der Waals surface area contributed by atoms with Gasteiger partial charge < -0.3 is 15.5 Å². The molecule has 32 heavy (non-hydrogen) atoms. The summed E-state index contributed by atoms with van der Waals surface area (Å²) in [5.41, 5.74) is 3.03. The predicted octanol–water partition coefficient (Wildman–Crippen LogP) is 3.04. The van der Waals surface area contributed by atoms with E-state index in [9.17, 15) is 9.59 Å². The summed E-state index contributed by atoms with van der Waals surface area (Å²) in [7, 11) is 0. The fourth-order valence-corrected chi connectivity index (χ4v) is 4.74. The molecule has 2 fully saturated rings. The van der Waals surface area contributed by atoms with Crippen LogP contribution in [-0.4, -0.2) is 56.0 Å². The molecular formula is C23H33N7O2. The predicted molar refractivity (Wildman–Crippen MR) is 121 cm³/mol. The Morgan fingerprint density at radius 3 is 2.53 bits per heavy atom. The minimum absolute atomic E-state index is 0.0748. The Hall–Kier alpha value is -2.97. The van der Waals surface area contributed by atoms with Crippen molar-refractivity contribution >= 4 is 17.8 Å². The summed E-state index contributed by atoms with van der Waals surface area (Å²) < 4.78 is 0. The van der Waals surface area contributed by atoms with Crippen LogP contribution in [0.15, 0.2) is 12.1 Å². The second kappa shape index (κ2) is 10.1. The summed E-state index contributed by atoms with van der Waals surface area (Å²) in [6.45, 7) is 5.04. The van der Waals surface area contributed by atoms with Crippen molar-refractivity contribution < 1.29 is 9.59 Å². The topological polar surface area (TPSA) is 116 Å². The van der Waals surface area contributed by atoms with Crippen LogP contribution in [0.5, 0.6) is 0 Å². The van der Waals surface area contributed by atoms with Gasteiger partial charge in [-0.2, -0.15) is 5.10 Å². The van der Waals surface area contributed by atoms with Gasteiger partial charge in [-0.15, -0.1) is 0 Å². The van der Waals surface area contributed by atoms with Crippen LogP contribution in [-0.2, 0) is 4.79 Å². The van der Waals surface area contributed by atoms with Gasteiger partial charge in [0.1, 0.15) is 5.69 Å². The first kappa shape index (κ1) is 22.2. The van der Waals surface area contributed by atoms with E-state index in [1.165, 1.54) is 12.8 Å². The lowest BCUT2D eigenvalue weighted by Gasteiger charge is -2.35. The van der Waals surface area contributed by atoms with E-state index in [1.54, 1.807) is 0 Å². The first-order valence-electron chi connectivity index (χ1n) is 11.7. The molecule has 1 unspecified atom stereocenters. The Balaban J connectivity index is 1.35. The molecule has 9 nitrogen and oxygen atoms in total. The Bertz CT molecular complexity index is 931. The minimum atomic E-state index is -0.134. The molecule has 0 spiro atoms. The smallest absolute Gasteiger partial charge is 0.271 e. The van der Waals surface area contributed by atoms with E-state index in [-0.39, 0.29) is 23.9 Å². The lowest BCUT2D eigenvalue weighted by molar-refractivity contribution is -0.134. The summed E-state index contributed by atoms with van der Waals surface area (Å²) in [4.78, 5) is 36.2. The monoisotopic (exact) mass is 439 g/mol. The Kier molecular flexibility index (Phi) is 7.02. The van der Waals surface area contributed by atoms with Crippen LogP contribution in [0.4, 0.5) is 5.95 Å². The number of aromatic amines is 1. The van der Waals surface area contributed by atoms with Gasteiger partial charge in [0.2, 0.25) is 11.9 Å². The van der Waals surface area contributed by atoms with Crippen molar-refractivity contribution in [1.29, 1.82) is 0 Å². The third-order valence-electron chi connectivity index (χ3n) is 6.31. The van der Waals surface area contributed by atoms with Crippen molar-refractivity contribution in [2.24, 2.45) is 0 Å². The normalized spacial score (nSPS) is 19.2. The molecule has 4 rings (SSSR count). The van der Waals surface area contributed by atoms with E-state index in [1.807, 2.05) is 30.9 Å². The van der Waals surface area contributed by atoms with Crippen LogP contribution in [0, 0.1) is 13.8 Å². The SMILES string of the molecule is Cc1cc(C)nc(NCCC(=O)N2CCCCC2c2cc(C(=O)NC3CCCC3)n[nH]2)n1. The second-order valence-corrected chi connectivity index (χ2v) is 8.91. The average molecular weight is 440 g/mol. The van der Waals surface area contributed by atoms with Crippen LogP contribution in [0.3, 0.4) is 0 Å². The van der Waals surface area contributed by atoms with E-state index in [0.29, 0.717) is 31.2 Å². The van der Waals surface area contributed by atoms with Gasteiger partial charge >= 0.3 is 0 Å². The molecule has 1 saturated heterocycles. The standard InChI is InChI=1S/C23H33N7O2/c1-15-13-16(2)26-23(25-15)24-11-10-21(31)30-12-6-5-9-20(30)18-14-19(29-28-18)22(32)27-17-7-3-4-8-17/h13-14,17,20H,3-12H2,1-2H3,(H,27,32)(H,28,29)(H,24,25,26). The van der Waals surface area contributed by atoms with Crippen molar-refractivity contribution in [2.45, 2.75) is 77.3 Å². The molecule has 9 heteroatoms. The number of carbonyl (C=O) groups excluding carboxylic acids is 2. The Morgan fingerprint density at radius 1 is 1.06 bits per heavy atom. The van der Waals surface area contributed by atoms with Crippen molar-refractivity contribution in [2.75, 3.05) is 18.4 Å². The average Bonchev–Trinajstić information content (AvgIpc) is 3.45. The number of anilines is 1. The molecule has 1 atom stereocenters. The molecule has 172 valence electrons. The molecule has 2 aromatic heterocycles. The van der Waals surface area contributed by atoms with Gasteiger partial charge in [-0.1, -0.05) is 12.8 Å². The van der Waals surface area contributed by atoms with Crippen molar-refractivity contribution in [3.8, 4) is 0 Å². The van der Waals surface area contributed by atoms with Crippen LogP contribution in [0.2, 0.25) is 0 Å². The van der Waals surface area contributed by atoms with E-state index in [4.69, 9.17) is 0 Å². The molecule has 0 aromatic carbocycles. The number of rotatable bonds is 7. The van der Waals surface area contributed by atoms with Gasteiger partial charge in [-0.25, -0.2) is 9.97 Å². The molecule has 2 aliphatic rings. The number of aryl methyl sites for hydroxylation is 2. The first-order chi connectivity index (χ1) is 15.5. The molecule has 3 N–H and O–H groups in total. The number of aromatic nitrogens is 4. The second-order valence-electron chi connectivity index (χ2n) is 8.91. The number of carbonyl (C=O) groups is 2. The molecule has 0 radical (unpaired) electrons. The zero-order chi connectivity index (χ0) is 22.5. The molecule has 1 saturated carbocycles. The minimum Gasteiger partial charge on any atom is -0.354 e. The van der Waals surface area contributed by atoms with E-state index in [2.05, 4.69) is 30.8 Å². The zero-order valence-corrected chi connectivity index (χ0v) is 19.0. The highest BCUT2D eigenvalue weighted by Crippen LogP contribution is 2.30. The maximum atomic E-state index is 13.0. The Morgan fingerprint density at radius 2 is 1.78 bits per heavy atom. The largest absolute Gasteiger partial charge is 0.354 e. The molecular weight excluding hydrogens is 406 g/mol. The lowest BCUT2D eigenvalue weighted by Crippen LogP contribution is -2.39. The first-order valence-corrected chi connectivity index (χ1v) is 11.7. The molecule has 1 aliphatic carbocycles. The van der Waals surface area contributed by atoms with Gasteiger partial charge in [-0.3, -0.25) is 14.7 Å². The highest BCUT2D eigenvalue weighted by atomic mass is 16.2. The lowest BCUT2D eigenvalue weighted by atomic mass is 9.98. The summed E-state index contributed by atoms with van der Waals surface area (Å²) in [6, 6.07) is 3.90. The van der Waals surface area contributed by atoms with Crippen molar-refractivity contribution in [3.05, 3.63) is 34.9 Å². The van der Waals surface area contributed by atoms with Crippen molar-refractivity contribution in [1.82, 2.24) is 30.4 Å². The highest BCUT2D eigenvalue weighted by molar-refractivity contribution is 5.92. The van der Waals surface area contributed by atoms with Gasteiger partial charge in [0, 0.05) is 36.9 Å². The summed E-state index contributed by atoms with van der Waals surface area (Å²) >= 11 is 0. The fraction of sp³-hybridized carbons (Fsp3) is 0.609. The number of nitrogens with one attached hydrogen (secondary N) is 3. The Labute approximate surface area is 188 Å². The number of piperidine rings is 1. The number of nitrogens with zero attached hydrogens (tertiary/aromatic N) is 4. The van der Waals surface area contributed by atoms with E-state index in [0.717, 1.165) is 49.2 Å². The zero-order valence-electron chi connectivity index (χ0n) is 19.0. The number of H-pyrrole nitrogens is 1. The number of amides is 2. The number of likely N-dealkylation sites (tertiary alicyclic amines) is 1. The fourth-order valence-electron chi connectivity index (χ4n) is 4.74. The van der Waals surface area contributed by atoms with Gasteiger partial charge in [0.25, 0.3) is 5.91 Å². The third-order valence-corrected chi connectivity index (χ3v) is 6.31. The number of hydrogen-bond donors (Lipinski definition) is 3. The van der Waals surface area contributed by atoms with Crippen LogP contribution >= 0.6 is 0 Å². The van der Waals surface area contributed by atoms with Crippen LogP contribution in [0.1, 0.15) is 85.0 Å². The summed E-state index contributed by atoms with van der Waals surface area (Å²) in [6.07, 6.45) is 7.66. The molecule has 1 aliphatic heterocycles. The molecule has 0 bridgehead atoms. The molecule has 2 aromatic rings. The quantitative estimate of drug-likeness (QED) is 0.611. The van der Waals surface area contributed by atoms with Gasteiger partial charge in [-0.05, 0) is 58.1 Å². The maximum Gasteiger partial charge on any atom is 0.271 e. The van der Waals surface area contributed by atoms with E-state index >= 15 is 0 Å². The van der Waals surface area contributed by atoms with Gasteiger partial charge in [0.05, 0.1) is 11.7 Å². The third kappa shape index (κ3) is 5.44. The molecule has 3 heterocycles. The van der Waals surface area contributed by atoms with E-state index < -0.39 is 0 Å². The summed E-state index contributed by atoms with van der Waals surface area (Å²) in [5, 5.41) is 13.5.